The van der Waals surface area contributed by atoms with Crippen LogP contribution in [0.15, 0.2) is 35.1 Å². The van der Waals surface area contributed by atoms with Crippen LogP contribution in [0, 0.1) is 0 Å². The molecule has 0 saturated carbocycles. The molecule has 16 heavy (non-hydrogen) atoms. The van der Waals surface area contributed by atoms with Gasteiger partial charge in [0.2, 0.25) is 5.88 Å². The van der Waals surface area contributed by atoms with E-state index in [-0.39, 0.29) is 11.1 Å². The number of hydrogen-bond donors (Lipinski definition) is 1. The van der Waals surface area contributed by atoms with Crippen molar-refractivity contribution in [3.05, 3.63) is 46.2 Å². The fourth-order valence-electron chi connectivity index (χ4n) is 1.58. The molecule has 2 rings (SSSR count). The lowest BCUT2D eigenvalue weighted by atomic mass is 10.2. The highest BCUT2D eigenvalue weighted by atomic mass is 16.5. The number of hydrogen-bond acceptors (Lipinski definition) is 3. The average Bonchev–Trinajstić information content (AvgIpc) is 2.28. The summed E-state index contributed by atoms with van der Waals surface area (Å²) in [5.74, 6) is -0.767. The van der Waals surface area contributed by atoms with E-state index >= 15 is 0 Å². The van der Waals surface area contributed by atoms with E-state index in [0.29, 0.717) is 11.4 Å². The predicted molar refractivity (Wildman–Crippen MR) is 57.2 cm³/mol. The summed E-state index contributed by atoms with van der Waals surface area (Å²) < 4.78 is 6.24. The normalized spacial score (nSPS) is 10.3. The molecule has 0 aliphatic rings. The smallest absolute Gasteiger partial charge is 0.337 e. The van der Waals surface area contributed by atoms with E-state index in [0.717, 1.165) is 0 Å². The first-order chi connectivity index (χ1) is 7.65. The van der Waals surface area contributed by atoms with Gasteiger partial charge in [0.25, 0.3) is 5.56 Å². The number of carboxylic acids is 1. The maximum absolute atomic E-state index is 11.6. The van der Waals surface area contributed by atoms with Gasteiger partial charge in [-0.2, -0.15) is 0 Å². The molecule has 5 nitrogen and oxygen atoms in total. The first-order valence-corrected chi connectivity index (χ1v) is 4.57. The van der Waals surface area contributed by atoms with E-state index in [4.69, 9.17) is 9.84 Å². The number of carbonyl (C=O) groups is 1. The summed E-state index contributed by atoms with van der Waals surface area (Å²) in [5.41, 5.74) is 0.0651. The number of pyridine rings is 2. The summed E-state index contributed by atoms with van der Waals surface area (Å²) in [6, 6.07) is 7.30. The van der Waals surface area contributed by atoms with Crippen molar-refractivity contribution in [1.82, 2.24) is 4.40 Å². The molecule has 0 atom stereocenters. The molecule has 0 fully saturated rings. The largest absolute Gasteiger partial charge is 0.482 e. The van der Waals surface area contributed by atoms with Crippen LogP contribution in [0.5, 0.6) is 5.88 Å². The number of rotatable bonds is 2. The Kier molecular flexibility index (Phi) is 2.36. The van der Waals surface area contributed by atoms with Gasteiger partial charge in [-0.1, -0.05) is 6.07 Å². The van der Waals surface area contributed by atoms with E-state index in [9.17, 15) is 9.59 Å². The molecule has 2 heterocycles. The van der Waals surface area contributed by atoms with Crippen molar-refractivity contribution >= 4 is 11.5 Å². The summed E-state index contributed by atoms with van der Waals surface area (Å²) >= 11 is 0. The summed E-state index contributed by atoms with van der Waals surface area (Å²) in [6.45, 7) is 0. The molecule has 2 aromatic heterocycles. The minimum atomic E-state index is -1.08. The van der Waals surface area contributed by atoms with E-state index < -0.39 is 5.97 Å². The predicted octanol–water partition coefficient (Wildman–Crippen LogP) is 1.01. The van der Waals surface area contributed by atoms with Gasteiger partial charge in [-0.25, -0.2) is 9.20 Å². The molecule has 0 aliphatic heterocycles. The Morgan fingerprint density at radius 2 is 2.06 bits per heavy atom. The fourth-order valence-corrected chi connectivity index (χ4v) is 1.58. The summed E-state index contributed by atoms with van der Waals surface area (Å²) in [4.78, 5) is 22.6. The Labute approximate surface area is 90.5 Å². The molecule has 0 aliphatic carbocycles. The number of ether oxygens (including phenoxy) is 1. The topological polar surface area (TPSA) is 68.0 Å². The molecule has 0 amide bonds. The zero-order valence-electron chi connectivity index (χ0n) is 8.51. The molecule has 0 spiro atoms. The van der Waals surface area contributed by atoms with E-state index in [1.165, 1.54) is 23.6 Å². The minimum absolute atomic E-state index is 0.0681. The van der Waals surface area contributed by atoms with Crippen LogP contribution in [0.25, 0.3) is 5.52 Å². The van der Waals surface area contributed by atoms with Crippen molar-refractivity contribution < 1.29 is 14.6 Å². The zero-order chi connectivity index (χ0) is 11.7. The highest BCUT2D eigenvalue weighted by molar-refractivity contribution is 5.95. The Bertz CT molecular complexity index is 615. The van der Waals surface area contributed by atoms with Gasteiger partial charge in [0.1, 0.15) is 0 Å². The van der Waals surface area contributed by atoms with Gasteiger partial charge in [0, 0.05) is 6.07 Å². The van der Waals surface area contributed by atoms with E-state index in [1.807, 2.05) is 0 Å². The molecule has 0 aromatic carbocycles. The number of aromatic nitrogens is 1. The van der Waals surface area contributed by atoms with Crippen LogP contribution >= 0.6 is 0 Å². The first-order valence-electron chi connectivity index (χ1n) is 4.57. The molecule has 0 bridgehead atoms. The number of fused-ring (bicyclic) bond motifs is 1. The minimum Gasteiger partial charge on any atom is -0.482 e. The molecule has 0 radical (unpaired) electrons. The fraction of sp³-hybridized carbons (Fsp3) is 0.0909. The summed E-state index contributed by atoms with van der Waals surface area (Å²) in [7, 11) is 1.43. The molecule has 2 aromatic rings. The van der Waals surface area contributed by atoms with Crippen molar-refractivity contribution in [3.8, 4) is 5.88 Å². The standard InChI is InChI=1S/C11H9NO4/c1-16-10-4-2-3-8-7(11(14)15)5-6-9(13)12(8)10/h2-6H,1H3,(H,14,15). The number of carboxylic acid groups (broad SMARTS) is 1. The van der Waals surface area contributed by atoms with Crippen LogP contribution in [0.2, 0.25) is 0 Å². The number of nitrogens with zero attached hydrogens (tertiary/aromatic N) is 1. The second kappa shape index (κ2) is 3.69. The Hall–Kier alpha value is -2.30. The monoisotopic (exact) mass is 219 g/mol. The second-order valence-corrected chi connectivity index (χ2v) is 3.18. The second-order valence-electron chi connectivity index (χ2n) is 3.18. The highest BCUT2D eigenvalue weighted by Crippen LogP contribution is 2.15. The van der Waals surface area contributed by atoms with Crippen molar-refractivity contribution in [2.75, 3.05) is 7.11 Å². The molecule has 0 unspecified atom stereocenters. The van der Waals surface area contributed by atoms with Gasteiger partial charge in [-0.05, 0) is 18.2 Å². The van der Waals surface area contributed by atoms with Gasteiger partial charge < -0.3 is 9.84 Å². The van der Waals surface area contributed by atoms with Crippen molar-refractivity contribution in [1.29, 1.82) is 0 Å². The van der Waals surface area contributed by atoms with Crippen LogP contribution in [-0.2, 0) is 0 Å². The third kappa shape index (κ3) is 1.42. The molecule has 82 valence electrons. The third-order valence-electron chi connectivity index (χ3n) is 2.28. The summed E-state index contributed by atoms with van der Waals surface area (Å²) in [5, 5.41) is 8.98. The third-order valence-corrected chi connectivity index (χ3v) is 2.28. The maximum Gasteiger partial charge on any atom is 0.337 e. The molecule has 0 saturated heterocycles. The molecule has 1 N–H and O–H groups in total. The number of methoxy groups -OCH3 is 1. The number of aromatic carboxylic acids is 1. The van der Waals surface area contributed by atoms with Gasteiger partial charge in [-0.15, -0.1) is 0 Å². The van der Waals surface area contributed by atoms with Gasteiger partial charge in [0.05, 0.1) is 18.2 Å². The van der Waals surface area contributed by atoms with Gasteiger partial charge in [0.15, 0.2) is 0 Å². The van der Waals surface area contributed by atoms with Crippen LogP contribution in [0.1, 0.15) is 10.4 Å². The summed E-state index contributed by atoms with van der Waals surface area (Å²) in [6.07, 6.45) is 0. The SMILES string of the molecule is COc1cccc2c(C(=O)O)ccc(=O)n12. The van der Waals surface area contributed by atoms with Crippen molar-refractivity contribution in [2.24, 2.45) is 0 Å². The van der Waals surface area contributed by atoms with Crippen molar-refractivity contribution in [2.45, 2.75) is 0 Å². The van der Waals surface area contributed by atoms with E-state index in [2.05, 4.69) is 0 Å². The Balaban J connectivity index is 2.96. The Morgan fingerprint density at radius 1 is 1.31 bits per heavy atom. The van der Waals surface area contributed by atoms with E-state index in [1.54, 1.807) is 18.2 Å². The van der Waals surface area contributed by atoms with Crippen LogP contribution in [0.3, 0.4) is 0 Å². The molecular formula is C11H9NO4. The molecule has 5 heteroatoms. The first kappa shape index (κ1) is 10.2. The van der Waals surface area contributed by atoms with Crippen LogP contribution in [-0.4, -0.2) is 22.6 Å². The molecular weight excluding hydrogens is 210 g/mol. The lowest BCUT2D eigenvalue weighted by Crippen LogP contribution is -2.16. The van der Waals surface area contributed by atoms with Crippen LogP contribution < -0.4 is 10.3 Å². The average molecular weight is 219 g/mol. The zero-order valence-corrected chi connectivity index (χ0v) is 8.51. The van der Waals surface area contributed by atoms with Gasteiger partial charge in [-0.3, -0.25) is 4.79 Å². The Morgan fingerprint density at radius 3 is 2.69 bits per heavy atom. The van der Waals surface area contributed by atoms with Crippen LogP contribution in [0.4, 0.5) is 0 Å². The lowest BCUT2D eigenvalue weighted by molar-refractivity contribution is 0.0698. The highest BCUT2D eigenvalue weighted by Gasteiger charge is 2.11. The van der Waals surface area contributed by atoms with Crippen molar-refractivity contribution in [3.63, 3.8) is 0 Å². The maximum atomic E-state index is 11.6. The lowest BCUT2D eigenvalue weighted by Gasteiger charge is -2.08. The van der Waals surface area contributed by atoms with Gasteiger partial charge >= 0.3 is 5.97 Å². The quantitative estimate of drug-likeness (QED) is 0.818.